The number of ether oxygens (including phenoxy) is 2. The molecule has 0 aliphatic rings. The molecule has 2 aromatic carbocycles. The minimum absolute atomic E-state index is 0.264. The molecule has 0 saturated heterocycles. The van der Waals surface area contributed by atoms with Gasteiger partial charge in [-0.3, -0.25) is 14.9 Å². The number of aryl methyl sites for hydroxylation is 1. The standard InChI is InChI=1S/C18H17NO5/c1-12-8-9-14(10-15(12)23-2)18(22)24-11-16(20)19-17(21)13-6-4-3-5-7-13/h3-10H,11H2,1-2H3,(H,19,20,21). The van der Waals surface area contributed by atoms with Crippen LogP contribution < -0.4 is 10.1 Å². The van der Waals surface area contributed by atoms with E-state index in [1.165, 1.54) is 13.2 Å². The van der Waals surface area contributed by atoms with E-state index in [9.17, 15) is 14.4 Å². The third-order valence-corrected chi connectivity index (χ3v) is 3.27. The van der Waals surface area contributed by atoms with Crippen molar-refractivity contribution in [1.29, 1.82) is 0 Å². The average Bonchev–Trinajstić information content (AvgIpc) is 2.60. The summed E-state index contributed by atoms with van der Waals surface area (Å²) in [5.41, 5.74) is 1.49. The van der Waals surface area contributed by atoms with Crippen LogP contribution in [0.15, 0.2) is 48.5 Å². The van der Waals surface area contributed by atoms with Gasteiger partial charge in [0.15, 0.2) is 6.61 Å². The van der Waals surface area contributed by atoms with Crippen molar-refractivity contribution in [3.63, 3.8) is 0 Å². The maximum atomic E-state index is 11.9. The van der Waals surface area contributed by atoms with Gasteiger partial charge in [0.2, 0.25) is 0 Å². The Morgan fingerprint density at radius 3 is 2.38 bits per heavy atom. The van der Waals surface area contributed by atoms with Gasteiger partial charge in [-0.15, -0.1) is 0 Å². The van der Waals surface area contributed by atoms with Gasteiger partial charge in [0.1, 0.15) is 5.75 Å². The van der Waals surface area contributed by atoms with E-state index in [2.05, 4.69) is 5.32 Å². The topological polar surface area (TPSA) is 81.7 Å². The number of carbonyl (C=O) groups is 3. The molecule has 2 rings (SSSR count). The fourth-order valence-corrected chi connectivity index (χ4v) is 1.99. The van der Waals surface area contributed by atoms with Crippen LogP contribution in [0.2, 0.25) is 0 Å². The molecule has 6 heteroatoms. The molecular weight excluding hydrogens is 310 g/mol. The molecule has 0 aliphatic carbocycles. The van der Waals surface area contributed by atoms with Crippen molar-refractivity contribution in [2.75, 3.05) is 13.7 Å². The molecule has 2 aromatic rings. The summed E-state index contributed by atoms with van der Waals surface area (Å²) in [6.07, 6.45) is 0. The number of nitrogens with one attached hydrogen (secondary N) is 1. The number of amides is 2. The number of hydrogen-bond acceptors (Lipinski definition) is 5. The Labute approximate surface area is 139 Å². The van der Waals surface area contributed by atoms with Crippen LogP contribution in [0.3, 0.4) is 0 Å². The molecule has 0 spiro atoms. The van der Waals surface area contributed by atoms with Crippen LogP contribution in [0, 0.1) is 6.92 Å². The molecule has 0 radical (unpaired) electrons. The van der Waals surface area contributed by atoms with Gasteiger partial charge in [0, 0.05) is 5.56 Å². The smallest absolute Gasteiger partial charge is 0.338 e. The summed E-state index contributed by atoms with van der Waals surface area (Å²) in [5, 5.41) is 2.15. The molecule has 2 amide bonds. The van der Waals surface area contributed by atoms with Crippen molar-refractivity contribution in [2.45, 2.75) is 6.92 Å². The first kappa shape index (κ1) is 17.2. The van der Waals surface area contributed by atoms with E-state index in [-0.39, 0.29) is 5.56 Å². The van der Waals surface area contributed by atoms with Crippen LogP contribution in [0.4, 0.5) is 0 Å². The summed E-state index contributed by atoms with van der Waals surface area (Å²) < 4.78 is 10.0. The third-order valence-electron chi connectivity index (χ3n) is 3.27. The second-order valence-electron chi connectivity index (χ2n) is 5.00. The molecule has 0 bridgehead atoms. The van der Waals surface area contributed by atoms with Crippen molar-refractivity contribution in [1.82, 2.24) is 5.32 Å². The molecule has 24 heavy (non-hydrogen) atoms. The molecule has 0 atom stereocenters. The van der Waals surface area contributed by atoms with Gasteiger partial charge < -0.3 is 9.47 Å². The van der Waals surface area contributed by atoms with Crippen LogP contribution in [-0.2, 0) is 9.53 Å². The van der Waals surface area contributed by atoms with E-state index in [4.69, 9.17) is 9.47 Å². The van der Waals surface area contributed by atoms with E-state index in [1.807, 2.05) is 6.92 Å². The van der Waals surface area contributed by atoms with Gasteiger partial charge in [-0.1, -0.05) is 24.3 Å². The van der Waals surface area contributed by atoms with E-state index in [0.717, 1.165) is 5.56 Å². The number of carbonyl (C=O) groups excluding carboxylic acids is 3. The van der Waals surface area contributed by atoms with Gasteiger partial charge in [-0.2, -0.15) is 0 Å². The summed E-state index contributed by atoms with van der Waals surface area (Å²) in [5.74, 6) is -1.37. The highest BCUT2D eigenvalue weighted by atomic mass is 16.5. The van der Waals surface area contributed by atoms with Gasteiger partial charge >= 0.3 is 5.97 Å². The largest absolute Gasteiger partial charge is 0.496 e. The summed E-state index contributed by atoms with van der Waals surface area (Å²) in [6.45, 7) is 1.30. The Bertz CT molecular complexity index is 755. The van der Waals surface area contributed by atoms with Gasteiger partial charge in [0.25, 0.3) is 11.8 Å². The SMILES string of the molecule is COc1cc(C(=O)OCC(=O)NC(=O)c2ccccc2)ccc1C. The molecule has 0 saturated carbocycles. The fourth-order valence-electron chi connectivity index (χ4n) is 1.99. The van der Waals surface area contributed by atoms with E-state index >= 15 is 0 Å². The number of imide groups is 1. The second kappa shape index (κ2) is 7.92. The Morgan fingerprint density at radius 2 is 1.71 bits per heavy atom. The van der Waals surface area contributed by atoms with E-state index < -0.39 is 24.4 Å². The second-order valence-corrected chi connectivity index (χ2v) is 5.00. The van der Waals surface area contributed by atoms with Crippen molar-refractivity contribution in [3.05, 3.63) is 65.2 Å². The number of hydrogen-bond donors (Lipinski definition) is 1. The highest BCUT2D eigenvalue weighted by Gasteiger charge is 2.14. The van der Waals surface area contributed by atoms with Crippen molar-refractivity contribution in [3.8, 4) is 5.75 Å². The Morgan fingerprint density at radius 1 is 1.00 bits per heavy atom. The molecule has 0 unspecified atom stereocenters. The molecule has 0 fully saturated rings. The van der Waals surface area contributed by atoms with E-state index in [0.29, 0.717) is 11.3 Å². The maximum absolute atomic E-state index is 11.9. The average molecular weight is 327 g/mol. The predicted octanol–water partition coefficient (Wildman–Crippen LogP) is 2.12. The van der Waals surface area contributed by atoms with Crippen molar-refractivity contribution >= 4 is 17.8 Å². The summed E-state index contributed by atoms with van der Waals surface area (Å²) in [7, 11) is 1.50. The highest BCUT2D eigenvalue weighted by Crippen LogP contribution is 2.19. The van der Waals surface area contributed by atoms with Crippen LogP contribution in [0.1, 0.15) is 26.3 Å². The Kier molecular flexibility index (Phi) is 5.68. The van der Waals surface area contributed by atoms with Gasteiger partial charge in [-0.25, -0.2) is 4.79 Å². The van der Waals surface area contributed by atoms with Crippen LogP contribution in [-0.4, -0.2) is 31.5 Å². The molecule has 0 aromatic heterocycles. The number of esters is 1. The van der Waals surface area contributed by atoms with Gasteiger partial charge in [-0.05, 0) is 36.8 Å². The third kappa shape index (κ3) is 4.42. The first-order valence-corrected chi connectivity index (χ1v) is 7.22. The summed E-state index contributed by atoms with van der Waals surface area (Å²) in [4.78, 5) is 35.4. The molecule has 0 aliphatic heterocycles. The lowest BCUT2D eigenvalue weighted by Crippen LogP contribution is -2.34. The lowest BCUT2D eigenvalue weighted by atomic mass is 10.1. The monoisotopic (exact) mass is 327 g/mol. The van der Waals surface area contributed by atoms with E-state index in [1.54, 1.807) is 42.5 Å². The van der Waals surface area contributed by atoms with Crippen LogP contribution >= 0.6 is 0 Å². The first-order valence-electron chi connectivity index (χ1n) is 7.22. The zero-order valence-electron chi connectivity index (χ0n) is 13.4. The van der Waals surface area contributed by atoms with Crippen molar-refractivity contribution < 1.29 is 23.9 Å². The fraction of sp³-hybridized carbons (Fsp3) is 0.167. The molecular formula is C18H17NO5. The Hall–Kier alpha value is -3.15. The quantitative estimate of drug-likeness (QED) is 0.851. The van der Waals surface area contributed by atoms with Crippen LogP contribution in [0.25, 0.3) is 0 Å². The Balaban J connectivity index is 1.89. The minimum atomic E-state index is -0.698. The summed E-state index contributed by atoms with van der Waals surface area (Å²) in [6, 6.07) is 13.1. The normalized spacial score (nSPS) is 9.92. The maximum Gasteiger partial charge on any atom is 0.338 e. The lowest BCUT2D eigenvalue weighted by molar-refractivity contribution is -0.123. The lowest BCUT2D eigenvalue weighted by Gasteiger charge is -2.08. The highest BCUT2D eigenvalue weighted by molar-refractivity contribution is 6.05. The number of methoxy groups -OCH3 is 1. The molecule has 1 N–H and O–H groups in total. The van der Waals surface area contributed by atoms with Gasteiger partial charge in [0.05, 0.1) is 12.7 Å². The zero-order valence-corrected chi connectivity index (χ0v) is 13.4. The number of rotatable bonds is 5. The zero-order chi connectivity index (χ0) is 17.5. The van der Waals surface area contributed by atoms with Crippen molar-refractivity contribution in [2.24, 2.45) is 0 Å². The molecule has 6 nitrogen and oxygen atoms in total. The predicted molar refractivity (Wildman–Crippen MR) is 86.9 cm³/mol. The number of benzene rings is 2. The molecule has 124 valence electrons. The molecule has 0 heterocycles. The minimum Gasteiger partial charge on any atom is -0.496 e. The van der Waals surface area contributed by atoms with Crippen LogP contribution in [0.5, 0.6) is 5.75 Å². The first-order chi connectivity index (χ1) is 11.5. The summed E-state index contributed by atoms with van der Waals surface area (Å²) >= 11 is 0.